The van der Waals surface area contributed by atoms with Gasteiger partial charge < -0.3 is 9.47 Å². The van der Waals surface area contributed by atoms with Crippen LogP contribution in [-0.4, -0.2) is 32.6 Å². The van der Waals surface area contributed by atoms with Crippen molar-refractivity contribution >= 4 is 27.0 Å². The molecule has 1 aliphatic carbocycles. The summed E-state index contributed by atoms with van der Waals surface area (Å²) in [4.78, 5) is 14.8. The molecule has 3 atom stereocenters. The van der Waals surface area contributed by atoms with Crippen LogP contribution in [0.15, 0.2) is 38.6 Å². The summed E-state index contributed by atoms with van der Waals surface area (Å²) in [6.07, 6.45) is 8.06. The summed E-state index contributed by atoms with van der Waals surface area (Å²) in [6, 6.07) is 6.88. The quantitative estimate of drug-likeness (QED) is 0.737. The van der Waals surface area contributed by atoms with Crippen LogP contribution in [0.2, 0.25) is 0 Å². The molecular weight excluding hydrogens is 418 g/mol. The lowest BCUT2D eigenvalue weighted by Crippen LogP contribution is -3.15. The van der Waals surface area contributed by atoms with Crippen LogP contribution in [-0.2, 0) is 16.6 Å². The van der Waals surface area contributed by atoms with Crippen molar-refractivity contribution in [1.82, 2.24) is 4.57 Å². The third-order valence-electron chi connectivity index (χ3n) is 7.10. The lowest BCUT2D eigenvalue weighted by molar-refractivity contribution is -0.914. The summed E-state index contributed by atoms with van der Waals surface area (Å²) in [6.45, 7) is 4.19. The van der Waals surface area contributed by atoms with Crippen molar-refractivity contribution in [3.8, 4) is 0 Å². The van der Waals surface area contributed by atoms with E-state index in [4.69, 9.17) is 0 Å². The zero-order valence-corrected chi connectivity index (χ0v) is 18.8. The summed E-state index contributed by atoms with van der Waals surface area (Å²) >= 11 is 1.15. The Bertz CT molecular complexity index is 1060. The van der Waals surface area contributed by atoms with E-state index in [1.807, 2.05) is 10.6 Å². The lowest BCUT2D eigenvalue weighted by atomic mass is 9.81. The first-order chi connectivity index (χ1) is 14.5. The van der Waals surface area contributed by atoms with Crippen molar-refractivity contribution in [2.75, 3.05) is 24.4 Å². The van der Waals surface area contributed by atoms with Gasteiger partial charge in [0, 0.05) is 30.0 Å². The number of thiophene rings is 1. The Hall–Kier alpha value is -1.64. The molecule has 2 aliphatic heterocycles. The van der Waals surface area contributed by atoms with Gasteiger partial charge in [-0.05, 0) is 42.8 Å². The number of likely N-dealkylation sites (tertiary alicyclic amines) is 1. The maximum absolute atomic E-state index is 13.1. The molecule has 2 fully saturated rings. The van der Waals surface area contributed by atoms with Gasteiger partial charge in [0.25, 0.3) is 15.6 Å². The number of rotatable bonds is 5. The molecule has 0 radical (unpaired) electrons. The highest BCUT2D eigenvalue weighted by molar-refractivity contribution is 7.94. The number of hydrogen-bond acceptors (Lipinski definition) is 4. The van der Waals surface area contributed by atoms with Crippen LogP contribution in [0.4, 0.5) is 5.69 Å². The Balaban J connectivity index is 1.35. The van der Waals surface area contributed by atoms with Crippen LogP contribution >= 0.6 is 11.3 Å². The van der Waals surface area contributed by atoms with Gasteiger partial charge in [-0.15, -0.1) is 11.3 Å². The molecule has 2 aromatic heterocycles. The highest BCUT2D eigenvalue weighted by Crippen LogP contribution is 2.32. The topological polar surface area (TPSA) is 72.6 Å². The minimum Gasteiger partial charge on any atom is -0.334 e. The molecule has 2 bridgehead atoms. The minimum absolute atomic E-state index is 0.151. The predicted molar refractivity (Wildman–Crippen MR) is 119 cm³/mol. The van der Waals surface area contributed by atoms with E-state index in [2.05, 4.69) is 4.72 Å². The van der Waals surface area contributed by atoms with E-state index in [9.17, 15) is 13.2 Å². The molecule has 2 N–H and O–H groups in total. The number of anilines is 1. The van der Waals surface area contributed by atoms with Gasteiger partial charge in [-0.1, -0.05) is 25.3 Å². The lowest BCUT2D eigenvalue weighted by Gasteiger charge is -2.41. The van der Waals surface area contributed by atoms with E-state index in [0.29, 0.717) is 18.4 Å². The summed E-state index contributed by atoms with van der Waals surface area (Å²) < 4.78 is 29.7. The van der Waals surface area contributed by atoms with Gasteiger partial charge in [-0.25, -0.2) is 8.42 Å². The summed E-state index contributed by atoms with van der Waals surface area (Å²) in [5.41, 5.74) is 1.02. The number of quaternary nitrogens is 1. The SMILES string of the molecule is O=c1c(NS(=O)(=O)c2cccs2)ccc2n1C[C@H]1C[C@@H]2C[NH+](CC2CCCCC2)C1. The first-order valence-corrected chi connectivity index (χ1v) is 13.5. The van der Waals surface area contributed by atoms with Crippen LogP contribution < -0.4 is 15.2 Å². The number of sulfonamides is 1. The molecule has 4 heterocycles. The fraction of sp³-hybridized carbons (Fsp3) is 0.591. The molecule has 2 aromatic rings. The normalized spacial score (nSPS) is 26.9. The average molecular weight is 449 g/mol. The monoisotopic (exact) mass is 448 g/mol. The van der Waals surface area contributed by atoms with E-state index in [1.54, 1.807) is 28.5 Å². The Morgan fingerprint density at radius 2 is 1.97 bits per heavy atom. The number of nitrogens with zero attached hydrogens (tertiary/aromatic N) is 1. The van der Waals surface area contributed by atoms with Crippen LogP contribution in [0.3, 0.4) is 0 Å². The predicted octanol–water partition coefficient (Wildman–Crippen LogP) is 2.29. The smallest absolute Gasteiger partial charge is 0.275 e. The molecule has 1 saturated carbocycles. The van der Waals surface area contributed by atoms with Crippen molar-refractivity contribution in [3.63, 3.8) is 0 Å². The van der Waals surface area contributed by atoms with Crippen LogP contribution in [0, 0.1) is 11.8 Å². The van der Waals surface area contributed by atoms with Gasteiger partial charge in [0.2, 0.25) is 0 Å². The molecule has 3 aliphatic rings. The Labute approximate surface area is 182 Å². The van der Waals surface area contributed by atoms with E-state index >= 15 is 0 Å². The summed E-state index contributed by atoms with van der Waals surface area (Å²) in [7, 11) is -3.71. The van der Waals surface area contributed by atoms with Gasteiger partial charge in [0.15, 0.2) is 0 Å². The van der Waals surface area contributed by atoms with Crippen LogP contribution in [0.1, 0.15) is 50.1 Å². The second-order valence-electron chi connectivity index (χ2n) is 9.29. The maximum Gasteiger partial charge on any atom is 0.275 e. The standard InChI is InChI=1S/C22H29N3O3S2/c26-22-19(23-30(27,28)21-7-4-10-29-21)8-9-20-18-11-17(14-25(20)22)13-24(15-18)12-16-5-2-1-3-6-16/h4,7-10,16-18,23H,1-3,5-6,11-15H2/p+1/t17-,18+/m0/s1. The fourth-order valence-corrected chi connectivity index (χ4v) is 7.87. The third-order valence-corrected chi connectivity index (χ3v) is 9.87. The second-order valence-corrected chi connectivity index (χ2v) is 12.1. The average Bonchev–Trinajstić information content (AvgIpc) is 3.27. The van der Waals surface area contributed by atoms with Gasteiger partial charge in [0.05, 0.1) is 19.6 Å². The first kappa shape index (κ1) is 20.3. The van der Waals surface area contributed by atoms with E-state index in [1.165, 1.54) is 38.6 Å². The number of nitrogens with one attached hydrogen (secondary N) is 2. The number of piperidine rings is 1. The van der Waals surface area contributed by atoms with Crippen molar-refractivity contribution < 1.29 is 13.3 Å². The highest BCUT2D eigenvalue weighted by atomic mass is 32.2. The van der Waals surface area contributed by atoms with Gasteiger partial charge in [-0.2, -0.15) is 0 Å². The molecule has 30 heavy (non-hydrogen) atoms. The van der Waals surface area contributed by atoms with Gasteiger partial charge in [0.1, 0.15) is 9.90 Å². The Morgan fingerprint density at radius 1 is 1.13 bits per heavy atom. The summed E-state index contributed by atoms with van der Waals surface area (Å²) in [5.74, 6) is 1.76. The molecule has 0 amide bonds. The molecule has 162 valence electrons. The number of pyridine rings is 1. The highest BCUT2D eigenvalue weighted by Gasteiger charge is 2.38. The Morgan fingerprint density at radius 3 is 2.73 bits per heavy atom. The molecular formula is C22H30N3O3S2+. The van der Waals surface area contributed by atoms with E-state index in [0.717, 1.165) is 42.5 Å². The van der Waals surface area contributed by atoms with Crippen molar-refractivity contribution in [1.29, 1.82) is 0 Å². The van der Waals surface area contributed by atoms with Crippen LogP contribution in [0.25, 0.3) is 0 Å². The van der Waals surface area contributed by atoms with Gasteiger partial charge >= 0.3 is 0 Å². The zero-order chi connectivity index (χ0) is 20.7. The van der Waals surface area contributed by atoms with Crippen molar-refractivity contribution in [3.05, 3.63) is 45.7 Å². The van der Waals surface area contributed by atoms with Crippen LogP contribution in [0.5, 0.6) is 0 Å². The molecule has 8 heteroatoms. The fourth-order valence-electron chi connectivity index (χ4n) is 5.82. The van der Waals surface area contributed by atoms with Gasteiger partial charge in [-0.3, -0.25) is 9.52 Å². The first-order valence-electron chi connectivity index (χ1n) is 11.1. The minimum atomic E-state index is -3.71. The molecule has 0 spiro atoms. The van der Waals surface area contributed by atoms with E-state index in [-0.39, 0.29) is 15.5 Å². The zero-order valence-electron chi connectivity index (χ0n) is 17.2. The number of aromatic nitrogens is 1. The maximum atomic E-state index is 13.1. The molecule has 0 aromatic carbocycles. The largest absolute Gasteiger partial charge is 0.334 e. The van der Waals surface area contributed by atoms with E-state index < -0.39 is 10.0 Å². The second kappa shape index (κ2) is 8.13. The molecule has 5 rings (SSSR count). The third kappa shape index (κ3) is 3.97. The number of fused-ring (bicyclic) bond motifs is 4. The van der Waals surface area contributed by atoms with Crippen molar-refractivity contribution in [2.45, 2.75) is 55.2 Å². The van der Waals surface area contributed by atoms with Crippen molar-refractivity contribution in [2.24, 2.45) is 11.8 Å². The number of hydrogen-bond donors (Lipinski definition) is 2. The molecule has 1 saturated heterocycles. The summed E-state index contributed by atoms with van der Waals surface area (Å²) in [5, 5.41) is 1.72. The molecule has 1 unspecified atom stereocenters. The molecule has 6 nitrogen and oxygen atoms in total. The Kier molecular flexibility index (Phi) is 5.49.